The Bertz CT molecular complexity index is 941. The summed E-state index contributed by atoms with van der Waals surface area (Å²) < 4.78 is 56.2. The van der Waals surface area contributed by atoms with Crippen LogP contribution in [0.1, 0.15) is 36.0 Å². The Morgan fingerprint density at radius 2 is 1.74 bits per heavy atom. The molecule has 2 fully saturated rings. The molecule has 166 valence electrons. The fraction of sp³-hybridized carbons (Fsp3) is 0.435. The Morgan fingerprint density at radius 1 is 1.00 bits per heavy atom. The van der Waals surface area contributed by atoms with Gasteiger partial charge < -0.3 is 14.5 Å². The van der Waals surface area contributed by atoms with E-state index in [2.05, 4.69) is 9.64 Å². The van der Waals surface area contributed by atoms with E-state index in [9.17, 15) is 22.4 Å². The number of hydrogen-bond acceptors (Lipinski definition) is 3. The van der Waals surface area contributed by atoms with E-state index in [1.54, 1.807) is 17.0 Å². The zero-order valence-electron chi connectivity index (χ0n) is 17.0. The van der Waals surface area contributed by atoms with Gasteiger partial charge >= 0.3 is 6.36 Å². The van der Waals surface area contributed by atoms with E-state index in [1.165, 1.54) is 43.2 Å². The summed E-state index contributed by atoms with van der Waals surface area (Å²) in [6.07, 6.45) is -0.649. The molecule has 2 aliphatic heterocycles. The number of nitrogens with zero attached hydrogens (tertiary/aromatic N) is 2. The Kier molecular flexibility index (Phi) is 6.18. The van der Waals surface area contributed by atoms with Crippen LogP contribution in [0.2, 0.25) is 0 Å². The lowest BCUT2D eigenvalue weighted by atomic mass is 10.0. The van der Waals surface area contributed by atoms with Gasteiger partial charge in [0, 0.05) is 19.1 Å². The number of hydrogen-bond donors (Lipinski definition) is 0. The van der Waals surface area contributed by atoms with Crippen molar-refractivity contribution in [3.05, 3.63) is 53.8 Å². The summed E-state index contributed by atoms with van der Waals surface area (Å²) in [6, 6.07) is 9.57. The van der Waals surface area contributed by atoms with Crippen molar-refractivity contribution in [2.24, 2.45) is 0 Å². The highest BCUT2D eigenvalue weighted by Gasteiger charge is 2.33. The first-order valence-corrected chi connectivity index (χ1v) is 10.5. The molecule has 1 atom stereocenters. The Morgan fingerprint density at radius 3 is 2.45 bits per heavy atom. The molecule has 8 heteroatoms. The zero-order chi connectivity index (χ0) is 22.0. The molecule has 0 N–H and O–H groups in total. The monoisotopic (exact) mass is 436 g/mol. The minimum Gasteiger partial charge on any atom is -0.406 e. The average molecular weight is 436 g/mol. The number of amides is 1. The van der Waals surface area contributed by atoms with E-state index in [4.69, 9.17) is 0 Å². The quantitative estimate of drug-likeness (QED) is 0.612. The molecule has 0 saturated carbocycles. The molecular weight excluding hydrogens is 412 g/mol. The fourth-order valence-corrected chi connectivity index (χ4v) is 4.45. The number of likely N-dealkylation sites (tertiary alicyclic amines) is 2. The van der Waals surface area contributed by atoms with Gasteiger partial charge in [-0.15, -0.1) is 13.2 Å². The lowest BCUT2D eigenvalue weighted by molar-refractivity contribution is -0.274. The number of halogens is 4. The van der Waals surface area contributed by atoms with Crippen molar-refractivity contribution in [1.82, 2.24) is 9.80 Å². The molecule has 0 bridgehead atoms. The van der Waals surface area contributed by atoms with E-state index in [0.717, 1.165) is 32.5 Å². The van der Waals surface area contributed by atoms with E-state index >= 15 is 0 Å². The largest absolute Gasteiger partial charge is 0.573 e. The van der Waals surface area contributed by atoms with Crippen molar-refractivity contribution in [1.29, 1.82) is 0 Å². The Balaban J connectivity index is 1.51. The SMILES string of the molecule is O=C(c1ccc(-c2cccc(OC(F)(F)F)c2)cc1F)N1CCCC1CN1CCCC1. The minimum atomic E-state index is -4.80. The van der Waals surface area contributed by atoms with Crippen molar-refractivity contribution in [3.8, 4) is 16.9 Å². The first kappa shape index (κ1) is 21.6. The fourth-order valence-electron chi connectivity index (χ4n) is 4.45. The van der Waals surface area contributed by atoms with Gasteiger partial charge in [-0.2, -0.15) is 0 Å². The number of benzene rings is 2. The predicted molar refractivity (Wildman–Crippen MR) is 108 cm³/mol. The van der Waals surface area contributed by atoms with Gasteiger partial charge in [-0.1, -0.05) is 18.2 Å². The van der Waals surface area contributed by atoms with Crippen LogP contribution in [0.25, 0.3) is 11.1 Å². The minimum absolute atomic E-state index is 0.0141. The summed E-state index contributed by atoms with van der Waals surface area (Å²) in [5.41, 5.74) is 0.726. The van der Waals surface area contributed by atoms with Crippen molar-refractivity contribution >= 4 is 5.91 Å². The van der Waals surface area contributed by atoms with Gasteiger partial charge in [0.15, 0.2) is 0 Å². The van der Waals surface area contributed by atoms with Gasteiger partial charge in [-0.05, 0) is 74.2 Å². The molecule has 2 aromatic rings. The number of carbonyl (C=O) groups is 1. The molecule has 2 saturated heterocycles. The van der Waals surface area contributed by atoms with Crippen LogP contribution >= 0.6 is 0 Å². The van der Waals surface area contributed by atoms with Crippen LogP contribution in [0.3, 0.4) is 0 Å². The highest BCUT2D eigenvalue weighted by Crippen LogP contribution is 2.30. The van der Waals surface area contributed by atoms with Gasteiger partial charge in [0.2, 0.25) is 0 Å². The molecule has 2 aliphatic rings. The van der Waals surface area contributed by atoms with Crippen molar-refractivity contribution in [2.45, 2.75) is 38.1 Å². The molecule has 0 spiro atoms. The van der Waals surface area contributed by atoms with E-state index in [-0.39, 0.29) is 23.3 Å². The van der Waals surface area contributed by atoms with Gasteiger partial charge in [0.1, 0.15) is 11.6 Å². The van der Waals surface area contributed by atoms with Crippen LogP contribution in [0, 0.1) is 5.82 Å². The maximum Gasteiger partial charge on any atom is 0.573 e. The molecule has 0 radical (unpaired) electrons. The molecule has 1 amide bonds. The molecule has 2 heterocycles. The third-order valence-corrected chi connectivity index (χ3v) is 5.91. The topological polar surface area (TPSA) is 32.8 Å². The lowest BCUT2D eigenvalue weighted by Gasteiger charge is -2.28. The van der Waals surface area contributed by atoms with E-state index < -0.39 is 12.2 Å². The highest BCUT2D eigenvalue weighted by atomic mass is 19.4. The average Bonchev–Trinajstić information content (AvgIpc) is 3.39. The summed E-state index contributed by atoms with van der Waals surface area (Å²) in [7, 11) is 0. The summed E-state index contributed by atoms with van der Waals surface area (Å²) in [5, 5.41) is 0. The van der Waals surface area contributed by atoms with Crippen molar-refractivity contribution < 1.29 is 27.1 Å². The van der Waals surface area contributed by atoms with Crippen molar-refractivity contribution in [2.75, 3.05) is 26.2 Å². The van der Waals surface area contributed by atoms with E-state index in [1.807, 2.05) is 0 Å². The predicted octanol–water partition coefficient (Wildman–Crippen LogP) is 5.09. The third-order valence-electron chi connectivity index (χ3n) is 5.91. The maximum atomic E-state index is 14.9. The van der Waals surface area contributed by atoms with Crippen molar-refractivity contribution in [3.63, 3.8) is 0 Å². The second-order valence-electron chi connectivity index (χ2n) is 8.07. The number of rotatable bonds is 5. The summed E-state index contributed by atoms with van der Waals surface area (Å²) in [4.78, 5) is 17.1. The molecule has 1 unspecified atom stereocenters. The summed E-state index contributed by atoms with van der Waals surface area (Å²) in [6.45, 7) is 3.50. The molecule has 0 aromatic heterocycles. The number of alkyl halides is 3. The molecule has 4 nitrogen and oxygen atoms in total. The number of ether oxygens (including phenoxy) is 1. The van der Waals surface area contributed by atoms with Crippen LogP contribution in [0.5, 0.6) is 5.75 Å². The van der Waals surface area contributed by atoms with Crippen LogP contribution in [-0.4, -0.2) is 54.3 Å². The second kappa shape index (κ2) is 8.86. The molecule has 0 aliphatic carbocycles. The van der Waals surface area contributed by atoms with Crippen LogP contribution in [0.15, 0.2) is 42.5 Å². The molecule has 4 rings (SSSR count). The zero-order valence-corrected chi connectivity index (χ0v) is 17.0. The Labute approximate surface area is 178 Å². The Hall–Kier alpha value is -2.61. The smallest absolute Gasteiger partial charge is 0.406 e. The van der Waals surface area contributed by atoms with E-state index in [0.29, 0.717) is 17.7 Å². The number of carbonyl (C=O) groups excluding carboxylic acids is 1. The van der Waals surface area contributed by atoms with Gasteiger partial charge in [0.25, 0.3) is 5.91 Å². The molecule has 2 aromatic carbocycles. The third kappa shape index (κ3) is 5.18. The first-order valence-electron chi connectivity index (χ1n) is 10.5. The first-order chi connectivity index (χ1) is 14.8. The highest BCUT2D eigenvalue weighted by molar-refractivity contribution is 5.95. The van der Waals surface area contributed by atoms with Gasteiger partial charge in [0.05, 0.1) is 5.56 Å². The molecular formula is C23H24F4N2O2. The summed E-state index contributed by atoms with van der Waals surface area (Å²) >= 11 is 0. The van der Waals surface area contributed by atoms with Gasteiger partial charge in [-0.25, -0.2) is 4.39 Å². The normalized spacial score (nSPS) is 19.7. The maximum absolute atomic E-state index is 14.9. The molecule has 31 heavy (non-hydrogen) atoms. The summed E-state index contributed by atoms with van der Waals surface area (Å²) in [5.74, 6) is -1.40. The second-order valence-corrected chi connectivity index (χ2v) is 8.07. The van der Waals surface area contributed by atoms with Crippen LogP contribution in [0.4, 0.5) is 17.6 Å². The van der Waals surface area contributed by atoms with Crippen LogP contribution in [-0.2, 0) is 0 Å². The lowest BCUT2D eigenvalue weighted by Crippen LogP contribution is -2.42. The standard InChI is InChI=1S/C23H24F4N2O2/c24-21-14-17(16-5-3-7-19(13-16)31-23(25,26)27)8-9-20(21)22(30)29-12-4-6-18(29)15-28-10-1-2-11-28/h3,5,7-9,13-14,18H,1-2,4,6,10-12,15H2. The van der Waals surface area contributed by atoms with Gasteiger partial charge in [-0.3, -0.25) is 4.79 Å². The van der Waals surface area contributed by atoms with Crippen LogP contribution < -0.4 is 4.74 Å².